The average Bonchev–Trinajstić information content (AvgIpc) is 3.52. The van der Waals surface area contributed by atoms with Crippen LogP contribution in [0.3, 0.4) is 0 Å². The SMILES string of the molecule is CN1CCN(CCn2cc(Nc3ncc(Br)c(N[C@H]4[C@@H](C(N)=O)[C@@H]5C=C[C@H]4C5)n3)cn2)CC1. The Kier molecular flexibility index (Phi) is 6.35. The van der Waals surface area contributed by atoms with E-state index in [1.54, 1.807) is 12.4 Å². The number of hydrogen-bond acceptors (Lipinski definition) is 8. The molecule has 0 radical (unpaired) electrons. The lowest BCUT2D eigenvalue weighted by Gasteiger charge is -2.32. The fourth-order valence-corrected chi connectivity index (χ4v) is 5.39. The predicted molar refractivity (Wildman–Crippen MR) is 130 cm³/mol. The molecule has 2 aliphatic carbocycles. The summed E-state index contributed by atoms with van der Waals surface area (Å²) in [7, 11) is 2.17. The fourth-order valence-electron chi connectivity index (χ4n) is 5.09. The largest absolute Gasteiger partial charge is 0.369 e. The van der Waals surface area contributed by atoms with Gasteiger partial charge in [0, 0.05) is 51.2 Å². The van der Waals surface area contributed by atoms with Gasteiger partial charge >= 0.3 is 0 Å². The first kappa shape index (κ1) is 22.3. The molecule has 3 heterocycles. The van der Waals surface area contributed by atoms with Crippen molar-refractivity contribution >= 4 is 39.3 Å². The van der Waals surface area contributed by atoms with Crippen LogP contribution in [0, 0.1) is 17.8 Å². The number of amides is 1. The van der Waals surface area contributed by atoms with Crippen molar-refractivity contribution in [3.63, 3.8) is 0 Å². The molecule has 2 bridgehead atoms. The molecule has 11 heteroatoms. The number of aromatic nitrogens is 4. The van der Waals surface area contributed by atoms with Crippen LogP contribution in [0.1, 0.15) is 6.42 Å². The molecule has 2 fully saturated rings. The number of anilines is 3. The second-order valence-electron chi connectivity index (χ2n) is 9.20. The van der Waals surface area contributed by atoms with Crippen LogP contribution in [0.15, 0.2) is 35.2 Å². The Hall–Kier alpha value is -2.50. The molecule has 2 aromatic heterocycles. The quantitative estimate of drug-likeness (QED) is 0.453. The van der Waals surface area contributed by atoms with E-state index in [9.17, 15) is 4.79 Å². The highest BCUT2D eigenvalue weighted by molar-refractivity contribution is 9.10. The van der Waals surface area contributed by atoms with Crippen LogP contribution in [0.4, 0.5) is 17.5 Å². The maximum Gasteiger partial charge on any atom is 0.229 e. The van der Waals surface area contributed by atoms with E-state index in [1.807, 2.05) is 10.9 Å². The van der Waals surface area contributed by atoms with Crippen LogP contribution in [-0.2, 0) is 11.3 Å². The summed E-state index contributed by atoms with van der Waals surface area (Å²) < 4.78 is 2.68. The lowest BCUT2D eigenvalue weighted by molar-refractivity contribution is -0.122. The summed E-state index contributed by atoms with van der Waals surface area (Å²) in [5, 5.41) is 11.1. The highest BCUT2D eigenvalue weighted by atomic mass is 79.9. The van der Waals surface area contributed by atoms with Crippen molar-refractivity contribution < 1.29 is 4.79 Å². The molecule has 0 unspecified atom stereocenters. The topological polar surface area (TPSA) is 117 Å². The minimum atomic E-state index is -0.267. The summed E-state index contributed by atoms with van der Waals surface area (Å²) in [6, 6.07) is -0.0612. The van der Waals surface area contributed by atoms with Gasteiger partial charge in [0.1, 0.15) is 5.82 Å². The number of rotatable bonds is 8. The molecule has 4 atom stereocenters. The zero-order chi connectivity index (χ0) is 22.9. The van der Waals surface area contributed by atoms with Crippen molar-refractivity contribution in [3.05, 3.63) is 35.2 Å². The first-order valence-electron chi connectivity index (χ1n) is 11.4. The lowest BCUT2D eigenvalue weighted by atomic mass is 9.88. The van der Waals surface area contributed by atoms with Crippen LogP contribution in [0.2, 0.25) is 0 Å². The van der Waals surface area contributed by atoms with Crippen molar-refractivity contribution in [1.29, 1.82) is 0 Å². The average molecular weight is 516 g/mol. The molecule has 1 amide bonds. The van der Waals surface area contributed by atoms with E-state index in [0.717, 1.165) is 55.8 Å². The zero-order valence-corrected chi connectivity index (χ0v) is 20.3. The smallest absolute Gasteiger partial charge is 0.229 e. The number of fused-ring (bicyclic) bond motifs is 2. The lowest BCUT2D eigenvalue weighted by Crippen LogP contribution is -2.45. The van der Waals surface area contributed by atoms with E-state index >= 15 is 0 Å². The normalized spacial score (nSPS) is 27.2. The van der Waals surface area contributed by atoms with Crippen molar-refractivity contribution in [2.45, 2.75) is 19.0 Å². The third kappa shape index (κ3) is 4.90. The Morgan fingerprint density at radius 2 is 1.97 bits per heavy atom. The number of halogens is 1. The molecule has 2 aromatic rings. The van der Waals surface area contributed by atoms with E-state index in [4.69, 9.17) is 5.73 Å². The Bertz CT molecular complexity index is 1030. The standard InChI is InChI=1S/C22H30BrN9O/c1-30-4-6-31(7-5-30)8-9-32-13-16(11-26-32)27-22-25-12-17(23)21(29-22)28-19-15-3-2-14(10-15)18(19)20(24)33/h2-3,11-15,18-19H,4-10H2,1H3,(H2,24,33)(H2,25,27,28,29)/t14-,15+,18+,19-/m1/s1. The highest BCUT2D eigenvalue weighted by Gasteiger charge is 2.47. The Balaban J connectivity index is 1.21. The summed E-state index contributed by atoms with van der Waals surface area (Å²) >= 11 is 3.53. The molecule has 176 valence electrons. The molecular weight excluding hydrogens is 486 g/mol. The van der Waals surface area contributed by atoms with Gasteiger partial charge in [0.2, 0.25) is 11.9 Å². The first-order chi connectivity index (χ1) is 16.0. The fraction of sp³-hybridized carbons (Fsp3) is 0.545. The van der Waals surface area contributed by atoms with Crippen molar-refractivity contribution in [2.75, 3.05) is 50.4 Å². The Morgan fingerprint density at radius 3 is 2.76 bits per heavy atom. The zero-order valence-electron chi connectivity index (χ0n) is 18.7. The predicted octanol–water partition coefficient (Wildman–Crippen LogP) is 1.51. The van der Waals surface area contributed by atoms with Crippen LogP contribution in [0.5, 0.6) is 0 Å². The second kappa shape index (κ2) is 9.40. The number of carbonyl (C=O) groups is 1. The van der Waals surface area contributed by atoms with Crippen LogP contribution < -0.4 is 16.4 Å². The number of hydrogen-bond donors (Lipinski definition) is 3. The van der Waals surface area contributed by atoms with Crippen LogP contribution >= 0.6 is 15.9 Å². The highest BCUT2D eigenvalue weighted by Crippen LogP contribution is 2.45. The van der Waals surface area contributed by atoms with Gasteiger partial charge in [-0.1, -0.05) is 12.2 Å². The molecule has 4 N–H and O–H groups in total. The Morgan fingerprint density at radius 1 is 1.18 bits per heavy atom. The van der Waals surface area contributed by atoms with Crippen molar-refractivity contribution in [1.82, 2.24) is 29.5 Å². The van der Waals surface area contributed by atoms with Crippen LogP contribution in [-0.4, -0.2) is 81.3 Å². The summed E-state index contributed by atoms with van der Waals surface area (Å²) in [5.74, 6) is 1.11. The van der Waals surface area contributed by atoms with Gasteiger partial charge in [0.15, 0.2) is 0 Å². The van der Waals surface area contributed by atoms with E-state index in [2.05, 4.69) is 70.6 Å². The Labute approximate surface area is 201 Å². The number of carbonyl (C=O) groups excluding carboxylic acids is 1. The molecule has 1 saturated heterocycles. The third-order valence-corrected chi connectivity index (χ3v) is 7.55. The van der Waals surface area contributed by atoms with Gasteiger partial charge in [0.05, 0.1) is 28.8 Å². The van der Waals surface area contributed by atoms with Crippen molar-refractivity contribution in [3.8, 4) is 0 Å². The summed E-state index contributed by atoms with van der Waals surface area (Å²) in [4.78, 5) is 25.9. The number of allylic oxidation sites excluding steroid dienone is 1. The summed E-state index contributed by atoms with van der Waals surface area (Å²) in [6.45, 7) is 6.24. The van der Waals surface area contributed by atoms with Gasteiger partial charge in [-0.15, -0.1) is 0 Å². The van der Waals surface area contributed by atoms with Gasteiger partial charge in [-0.25, -0.2) is 4.98 Å². The molecule has 33 heavy (non-hydrogen) atoms. The molecule has 0 spiro atoms. The van der Waals surface area contributed by atoms with Gasteiger partial charge in [-0.3, -0.25) is 14.4 Å². The van der Waals surface area contributed by atoms with Gasteiger partial charge in [-0.05, 0) is 41.2 Å². The molecule has 1 aliphatic heterocycles. The van der Waals surface area contributed by atoms with Crippen molar-refractivity contribution in [2.24, 2.45) is 23.5 Å². The molecule has 1 saturated carbocycles. The number of likely N-dealkylation sites (N-methyl/N-ethyl adjacent to an activating group) is 1. The third-order valence-electron chi connectivity index (χ3n) is 6.97. The van der Waals surface area contributed by atoms with Gasteiger partial charge in [0.25, 0.3) is 0 Å². The molecule has 0 aromatic carbocycles. The number of primary amides is 1. The molecule has 3 aliphatic rings. The maximum atomic E-state index is 12.0. The maximum absolute atomic E-state index is 12.0. The van der Waals surface area contributed by atoms with E-state index in [0.29, 0.717) is 11.8 Å². The summed E-state index contributed by atoms with van der Waals surface area (Å²) in [5.41, 5.74) is 6.53. The minimum Gasteiger partial charge on any atom is -0.369 e. The number of nitrogens with one attached hydrogen (secondary N) is 2. The second-order valence-corrected chi connectivity index (χ2v) is 10.1. The monoisotopic (exact) mass is 515 g/mol. The van der Waals surface area contributed by atoms with Crippen LogP contribution in [0.25, 0.3) is 0 Å². The van der Waals surface area contributed by atoms with E-state index in [-0.39, 0.29) is 29.7 Å². The van der Waals surface area contributed by atoms with Gasteiger partial charge < -0.3 is 21.3 Å². The van der Waals surface area contributed by atoms with Gasteiger partial charge in [-0.2, -0.15) is 10.1 Å². The van der Waals surface area contributed by atoms with E-state index < -0.39 is 0 Å². The number of piperazine rings is 1. The summed E-state index contributed by atoms with van der Waals surface area (Å²) in [6.07, 6.45) is 10.7. The molecule has 5 rings (SSSR count). The first-order valence-corrected chi connectivity index (χ1v) is 12.2. The molecular formula is C22H30BrN9O. The number of nitrogens with zero attached hydrogens (tertiary/aromatic N) is 6. The minimum absolute atomic E-state index is 0.0612. The van der Waals surface area contributed by atoms with E-state index in [1.165, 1.54) is 0 Å². The number of nitrogens with two attached hydrogens (primary N) is 1. The molecule has 10 nitrogen and oxygen atoms in total.